The van der Waals surface area contributed by atoms with Gasteiger partial charge in [-0.25, -0.2) is 0 Å². The van der Waals surface area contributed by atoms with Gasteiger partial charge in [0.05, 0.1) is 11.9 Å². The number of halogens is 1. The molecule has 0 N–H and O–H groups in total. The van der Waals surface area contributed by atoms with Crippen molar-refractivity contribution in [2.75, 3.05) is 50.1 Å². The maximum Gasteiger partial charge on any atom is 0.246 e. The maximum atomic E-state index is 12.4. The number of benzene rings is 1. The van der Waals surface area contributed by atoms with Crippen molar-refractivity contribution in [3.63, 3.8) is 0 Å². The average molecular weight is 372 g/mol. The molecule has 6 nitrogen and oxygen atoms in total. The van der Waals surface area contributed by atoms with Gasteiger partial charge < -0.3 is 14.7 Å². The van der Waals surface area contributed by atoms with Crippen LogP contribution in [0.4, 0.5) is 11.5 Å². The summed E-state index contributed by atoms with van der Waals surface area (Å²) in [5, 5.41) is 8.93. The Morgan fingerprint density at radius 2 is 1.92 bits per heavy atom. The highest BCUT2D eigenvalue weighted by molar-refractivity contribution is 6.32. The molecule has 1 aromatic carbocycles. The molecular weight excluding hydrogens is 350 g/mol. The minimum atomic E-state index is -0.00213. The van der Waals surface area contributed by atoms with Crippen LogP contribution in [0.25, 0.3) is 6.08 Å². The van der Waals surface area contributed by atoms with Gasteiger partial charge in [-0.05, 0) is 17.7 Å². The third kappa shape index (κ3) is 4.32. The summed E-state index contributed by atoms with van der Waals surface area (Å²) in [6.07, 6.45) is 5.09. The van der Waals surface area contributed by atoms with E-state index in [-0.39, 0.29) is 5.91 Å². The Labute approximate surface area is 158 Å². The fraction of sp³-hybridized carbons (Fsp3) is 0.316. The van der Waals surface area contributed by atoms with Crippen LogP contribution in [0.15, 0.2) is 42.6 Å². The summed E-state index contributed by atoms with van der Waals surface area (Å²) in [5.41, 5.74) is 1.85. The summed E-state index contributed by atoms with van der Waals surface area (Å²) < 4.78 is 0. The van der Waals surface area contributed by atoms with Crippen molar-refractivity contribution in [2.45, 2.75) is 0 Å². The van der Waals surface area contributed by atoms with Crippen LogP contribution >= 0.6 is 11.6 Å². The van der Waals surface area contributed by atoms with Gasteiger partial charge >= 0.3 is 0 Å². The van der Waals surface area contributed by atoms with Crippen LogP contribution in [0.3, 0.4) is 0 Å². The zero-order chi connectivity index (χ0) is 18.5. The molecule has 1 aliphatic rings. The average Bonchev–Trinajstić information content (AvgIpc) is 2.67. The monoisotopic (exact) mass is 371 g/mol. The first-order valence-electron chi connectivity index (χ1n) is 8.51. The molecule has 0 saturated carbocycles. The zero-order valence-corrected chi connectivity index (χ0v) is 15.7. The minimum Gasteiger partial charge on any atom is -0.376 e. The number of anilines is 2. The molecule has 1 aliphatic heterocycles. The van der Waals surface area contributed by atoms with Crippen LogP contribution in [0.5, 0.6) is 0 Å². The Balaban J connectivity index is 1.59. The minimum absolute atomic E-state index is 0.00213. The number of carbonyl (C=O) groups is 1. The van der Waals surface area contributed by atoms with Crippen molar-refractivity contribution in [1.82, 2.24) is 15.1 Å². The lowest BCUT2D eigenvalue weighted by Gasteiger charge is -2.34. The first-order chi connectivity index (χ1) is 12.5. The number of nitrogens with zero attached hydrogens (tertiary/aromatic N) is 5. The topological polar surface area (TPSA) is 52.6 Å². The van der Waals surface area contributed by atoms with E-state index in [9.17, 15) is 4.79 Å². The molecule has 0 spiro atoms. The van der Waals surface area contributed by atoms with Gasteiger partial charge in [0, 0.05) is 57.4 Å². The van der Waals surface area contributed by atoms with Gasteiger partial charge in [0.15, 0.2) is 5.82 Å². The number of piperazine rings is 1. The molecule has 1 fully saturated rings. The van der Waals surface area contributed by atoms with Gasteiger partial charge in [-0.15, -0.1) is 5.10 Å². The molecule has 1 saturated heterocycles. The SMILES string of the molecule is CN(C)c1cnnc(N2CCN(C(=O)/C=C/c3ccccc3Cl)CC2)c1. The Morgan fingerprint density at radius 1 is 1.19 bits per heavy atom. The van der Waals surface area contributed by atoms with Crippen molar-refractivity contribution < 1.29 is 4.79 Å². The Morgan fingerprint density at radius 3 is 2.62 bits per heavy atom. The van der Waals surface area contributed by atoms with Crippen molar-refractivity contribution in [3.05, 3.63) is 53.2 Å². The smallest absolute Gasteiger partial charge is 0.246 e. The van der Waals surface area contributed by atoms with Gasteiger partial charge in [0.1, 0.15) is 0 Å². The second kappa shape index (κ2) is 8.19. The fourth-order valence-corrected chi connectivity index (χ4v) is 2.98. The van der Waals surface area contributed by atoms with E-state index in [2.05, 4.69) is 15.1 Å². The van der Waals surface area contributed by atoms with Crippen molar-refractivity contribution >= 4 is 35.1 Å². The number of carbonyl (C=O) groups excluding carboxylic acids is 1. The van der Waals surface area contributed by atoms with Crippen molar-refractivity contribution in [2.24, 2.45) is 0 Å². The number of hydrogen-bond acceptors (Lipinski definition) is 5. The van der Waals surface area contributed by atoms with Crippen LogP contribution in [0, 0.1) is 0 Å². The Hall–Kier alpha value is -2.60. The van der Waals surface area contributed by atoms with Gasteiger partial charge in [0.2, 0.25) is 5.91 Å². The number of hydrogen-bond donors (Lipinski definition) is 0. The predicted molar refractivity (Wildman–Crippen MR) is 106 cm³/mol. The summed E-state index contributed by atoms with van der Waals surface area (Å²) in [4.78, 5) is 18.4. The highest BCUT2D eigenvalue weighted by atomic mass is 35.5. The lowest BCUT2D eigenvalue weighted by molar-refractivity contribution is -0.126. The largest absolute Gasteiger partial charge is 0.376 e. The molecule has 136 valence electrons. The van der Waals surface area contributed by atoms with E-state index in [0.29, 0.717) is 18.1 Å². The molecule has 1 aromatic heterocycles. The van der Waals surface area contributed by atoms with E-state index < -0.39 is 0 Å². The first-order valence-corrected chi connectivity index (χ1v) is 8.89. The molecule has 7 heteroatoms. The summed E-state index contributed by atoms with van der Waals surface area (Å²) in [7, 11) is 3.95. The molecule has 2 heterocycles. The van der Waals surface area contributed by atoms with E-state index in [1.54, 1.807) is 18.3 Å². The van der Waals surface area contributed by atoms with Crippen molar-refractivity contribution in [3.8, 4) is 0 Å². The normalized spacial score (nSPS) is 14.7. The molecule has 0 radical (unpaired) electrons. The molecule has 0 bridgehead atoms. The highest BCUT2D eigenvalue weighted by Gasteiger charge is 2.21. The number of rotatable bonds is 4. The second-order valence-corrected chi connectivity index (χ2v) is 6.74. The van der Waals surface area contributed by atoms with Crippen LogP contribution in [0.2, 0.25) is 5.02 Å². The Kier molecular flexibility index (Phi) is 5.73. The van der Waals surface area contributed by atoms with Crippen LogP contribution in [-0.2, 0) is 4.79 Å². The summed E-state index contributed by atoms with van der Waals surface area (Å²) in [5.74, 6) is 0.840. The molecule has 1 amide bonds. The lowest BCUT2D eigenvalue weighted by Crippen LogP contribution is -2.48. The molecule has 3 rings (SSSR count). The molecule has 0 unspecified atom stereocenters. The van der Waals surface area contributed by atoms with Crippen LogP contribution < -0.4 is 9.80 Å². The fourth-order valence-electron chi connectivity index (χ4n) is 2.78. The van der Waals surface area contributed by atoms with Gasteiger partial charge in [0.25, 0.3) is 0 Å². The second-order valence-electron chi connectivity index (χ2n) is 6.33. The number of aromatic nitrogens is 2. The van der Waals surface area contributed by atoms with Crippen LogP contribution in [-0.4, -0.2) is 61.3 Å². The first kappa shape index (κ1) is 18.2. The van der Waals surface area contributed by atoms with E-state index >= 15 is 0 Å². The van der Waals surface area contributed by atoms with E-state index in [1.807, 2.05) is 54.2 Å². The lowest BCUT2D eigenvalue weighted by atomic mass is 10.2. The van der Waals surface area contributed by atoms with E-state index in [1.165, 1.54) is 0 Å². The third-order valence-electron chi connectivity index (χ3n) is 4.37. The van der Waals surface area contributed by atoms with Crippen molar-refractivity contribution in [1.29, 1.82) is 0 Å². The summed E-state index contributed by atoms with van der Waals surface area (Å²) >= 11 is 6.12. The molecule has 0 aliphatic carbocycles. The van der Waals surface area contributed by atoms with E-state index in [0.717, 1.165) is 30.2 Å². The van der Waals surface area contributed by atoms with Crippen LogP contribution in [0.1, 0.15) is 5.56 Å². The number of amides is 1. The Bertz CT molecular complexity index is 800. The van der Waals surface area contributed by atoms with Gasteiger partial charge in [-0.1, -0.05) is 29.8 Å². The molecular formula is C19H22ClN5O. The summed E-state index contributed by atoms with van der Waals surface area (Å²) in [6.45, 7) is 2.77. The molecule has 0 atom stereocenters. The third-order valence-corrected chi connectivity index (χ3v) is 4.71. The van der Waals surface area contributed by atoms with Gasteiger partial charge in [-0.3, -0.25) is 4.79 Å². The maximum absolute atomic E-state index is 12.4. The zero-order valence-electron chi connectivity index (χ0n) is 15.0. The highest BCUT2D eigenvalue weighted by Crippen LogP contribution is 2.19. The molecule has 26 heavy (non-hydrogen) atoms. The van der Waals surface area contributed by atoms with E-state index in [4.69, 9.17) is 11.6 Å². The molecule has 2 aromatic rings. The predicted octanol–water partition coefficient (Wildman–Crippen LogP) is 2.56. The standard InChI is InChI=1S/C19H22ClN5O/c1-23(2)16-13-18(22-21-14-16)24-9-11-25(12-10-24)19(26)8-7-15-5-3-4-6-17(15)20/h3-8,13-14H,9-12H2,1-2H3/b8-7+. The quantitative estimate of drug-likeness (QED) is 0.773. The summed E-state index contributed by atoms with van der Waals surface area (Å²) in [6, 6.07) is 9.49. The van der Waals surface area contributed by atoms with Gasteiger partial charge in [-0.2, -0.15) is 5.10 Å².